The Hall–Kier alpha value is -2.41. The van der Waals surface area contributed by atoms with Crippen LogP contribution < -0.4 is 10.0 Å². The summed E-state index contributed by atoms with van der Waals surface area (Å²) in [5, 5.41) is 2.81. The molecule has 0 saturated carbocycles. The number of anilines is 1. The molecule has 2 aromatic carbocycles. The van der Waals surface area contributed by atoms with E-state index in [1.165, 1.54) is 36.4 Å². The molecule has 0 atom stereocenters. The fraction of sp³-hybridized carbons (Fsp3) is 0.316. The largest absolute Gasteiger partial charge is 0.352 e. The highest BCUT2D eigenvalue weighted by atomic mass is 32.2. The highest BCUT2D eigenvalue weighted by Crippen LogP contribution is 2.19. The molecule has 140 valence electrons. The number of carbonyl (C=O) groups excluding carboxylic acids is 1. The Morgan fingerprint density at radius 1 is 1.12 bits per heavy atom. The number of benzene rings is 2. The summed E-state index contributed by atoms with van der Waals surface area (Å²) in [5.41, 5.74) is 1.25. The van der Waals surface area contributed by atoms with E-state index in [1.807, 2.05) is 0 Å². The number of carbonyl (C=O) groups is 1. The van der Waals surface area contributed by atoms with Crippen molar-refractivity contribution in [2.45, 2.75) is 32.1 Å². The van der Waals surface area contributed by atoms with Crippen LogP contribution >= 0.6 is 0 Å². The quantitative estimate of drug-likeness (QED) is 0.771. The van der Waals surface area contributed by atoms with Gasteiger partial charge in [0.2, 0.25) is 0 Å². The molecular formula is C19H23FN2O3S. The van der Waals surface area contributed by atoms with Crippen molar-refractivity contribution in [1.29, 1.82) is 0 Å². The average molecular weight is 378 g/mol. The van der Waals surface area contributed by atoms with Crippen LogP contribution in [0.15, 0.2) is 47.4 Å². The smallest absolute Gasteiger partial charge is 0.261 e. The van der Waals surface area contributed by atoms with Gasteiger partial charge in [0.1, 0.15) is 5.82 Å². The molecule has 26 heavy (non-hydrogen) atoms. The van der Waals surface area contributed by atoms with Crippen molar-refractivity contribution >= 4 is 21.6 Å². The second-order valence-electron chi connectivity index (χ2n) is 6.53. The fourth-order valence-electron chi connectivity index (χ4n) is 2.31. The van der Waals surface area contributed by atoms with Crippen LogP contribution in [-0.4, -0.2) is 20.9 Å². The summed E-state index contributed by atoms with van der Waals surface area (Å²) < 4.78 is 40.4. The first-order valence-corrected chi connectivity index (χ1v) is 9.84. The van der Waals surface area contributed by atoms with Crippen LogP contribution in [0.4, 0.5) is 10.1 Å². The van der Waals surface area contributed by atoms with Crippen molar-refractivity contribution in [3.8, 4) is 0 Å². The molecule has 0 aliphatic heterocycles. The number of halogens is 1. The first-order chi connectivity index (χ1) is 12.2. The van der Waals surface area contributed by atoms with Crippen LogP contribution in [0.1, 0.15) is 36.2 Å². The van der Waals surface area contributed by atoms with Gasteiger partial charge in [0, 0.05) is 17.8 Å². The molecule has 2 aromatic rings. The SMILES string of the molecule is Cc1ccc(S(=O)(=O)Nc2ccc(F)cc2)cc1C(=O)NCCC(C)C. The summed E-state index contributed by atoms with van der Waals surface area (Å²) in [7, 11) is -3.89. The standard InChI is InChI=1S/C19H23FN2O3S/c1-13(2)10-11-21-19(23)18-12-17(9-4-14(18)3)26(24,25)22-16-7-5-15(20)6-8-16/h4-9,12-13,22H,10-11H2,1-3H3,(H,21,23). The molecule has 5 nitrogen and oxygen atoms in total. The maximum Gasteiger partial charge on any atom is 0.261 e. The van der Waals surface area contributed by atoms with Gasteiger partial charge in [0.25, 0.3) is 15.9 Å². The van der Waals surface area contributed by atoms with Gasteiger partial charge in [-0.05, 0) is 61.2 Å². The highest BCUT2D eigenvalue weighted by molar-refractivity contribution is 7.92. The van der Waals surface area contributed by atoms with Gasteiger partial charge in [-0.2, -0.15) is 0 Å². The number of aryl methyl sites for hydroxylation is 1. The lowest BCUT2D eigenvalue weighted by atomic mass is 10.1. The van der Waals surface area contributed by atoms with Crippen LogP contribution in [0.2, 0.25) is 0 Å². The third-order valence-electron chi connectivity index (χ3n) is 3.87. The number of hydrogen-bond donors (Lipinski definition) is 2. The lowest BCUT2D eigenvalue weighted by molar-refractivity contribution is 0.0951. The molecule has 0 aromatic heterocycles. The molecule has 0 heterocycles. The zero-order valence-corrected chi connectivity index (χ0v) is 15.9. The molecular weight excluding hydrogens is 355 g/mol. The van der Waals surface area contributed by atoms with Crippen LogP contribution in [0, 0.1) is 18.7 Å². The zero-order chi connectivity index (χ0) is 19.3. The van der Waals surface area contributed by atoms with E-state index in [2.05, 4.69) is 23.9 Å². The summed E-state index contributed by atoms with van der Waals surface area (Å²) >= 11 is 0. The number of sulfonamides is 1. The Morgan fingerprint density at radius 3 is 2.38 bits per heavy atom. The topological polar surface area (TPSA) is 75.3 Å². The van der Waals surface area contributed by atoms with E-state index >= 15 is 0 Å². The number of nitrogens with one attached hydrogen (secondary N) is 2. The Labute approximate surface area is 153 Å². The summed E-state index contributed by atoms with van der Waals surface area (Å²) in [6.45, 7) is 6.40. The lowest BCUT2D eigenvalue weighted by Crippen LogP contribution is -2.26. The summed E-state index contributed by atoms with van der Waals surface area (Å²) in [6.07, 6.45) is 0.842. The van der Waals surface area contributed by atoms with Crippen LogP contribution in [0.3, 0.4) is 0 Å². The lowest BCUT2D eigenvalue weighted by Gasteiger charge is -2.12. The second kappa shape index (κ2) is 8.31. The Bertz CT molecular complexity index is 878. The molecule has 0 radical (unpaired) electrons. The van der Waals surface area contributed by atoms with Crippen molar-refractivity contribution in [3.05, 3.63) is 59.4 Å². The van der Waals surface area contributed by atoms with Crippen molar-refractivity contribution < 1.29 is 17.6 Å². The van der Waals surface area contributed by atoms with E-state index in [-0.39, 0.29) is 16.5 Å². The average Bonchev–Trinajstić information content (AvgIpc) is 2.56. The van der Waals surface area contributed by atoms with Gasteiger partial charge >= 0.3 is 0 Å². The minimum Gasteiger partial charge on any atom is -0.352 e. The van der Waals surface area contributed by atoms with E-state index in [0.717, 1.165) is 6.42 Å². The molecule has 0 aliphatic carbocycles. The van der Waals surface area contributed by atoms with Crippen LogP contribution in [0.25, 0.3) is 0 Å². The molecule has 7 heteroatoms. The molecule has 0 saturated heterocycles. The number of amides is 1. The Balaban J connectivity index is 2.21. The monoisotopic (exact) mass is 378 g/mol. The van der Waals surface area contributed by atoms with Gasteiger partial charge < -0.3 is 5.32 Å². The van der Waals surface area contributed by atoms with Gasteiger partial charge in [0.15, 0.2) is 0 Å². The summed E-state index contributed by atoms with van der Waals surface area (Å²) in [6, 6.07) is 9.39. The third kappa shape index (κ3) is 5.29. The maximum atomic E-state index is 13.0. The van der Waals surface area contributed by atoms with Gasteiger partial charge in [-0.3, -0.25) is 9.52 Å². The molecule has 0 unspecified atom stereocenters. The minimum absolute atomic E-state index is 0.0264. The van der Waals surface area contributed by atoms with Crippen LogP contribution in [-0.2, 0) is 10.0 Å². The van der Waals surface area contributed by atoms with Gasteiger partial charge in [-0.25, -0.2) is 12.8 Å². The first kappa shape index (κ1) is 19.9. The predicted octanol–water partition coefficient (Wildman–Crippen LogP) is 3.71. The predicted molar refractivity (Wildman–Crippen MR) is 100 cm³/mol. The minimum atomic E-state index is -3.89. The van der Waals surface area contributed by atoms with E-state index in [0.29, 0.717) is 23.6 Å². The van der Waals surface area contributed by atoms with E-state index < -0.39 is 15.8 Å². The molecule has 2 N–H and O–H groups in total. The molecule has 2 rings (SSSR count). The molecule has 0 fully saturated rings. The van der Waals surface area contributed by atoms with E-state index in [1.54, 1.807) is 13.0 Å². The zero-order valence-electron chi connectivity index (χ0n) is 15.0. The summed E-state index contributed by atoms with van der Waals surface area (Å²) in [5.74, 6) is -0.298. The van der Waals surface area contributed by atoms with Gasteiger partial charge in [0.05, 0.1) is 4.90 Å². The van der Waals surface area contributed by atoms with E-state index in [9.17, 15) is 17.6 Å². The molecule has 1 amide bonds. The number of hydrogen-bond acceptors (Lipinski definition) is 3. The third-order valence-corrected chi connectivity index (χ3v) is 5.25. The molecule has 0 bridgehead atoms. The van der Waals surface area contributed by atoms with Gasteiger partial charge in [-0.1, -0.05) is 19.9 Å². The Kier molecular flexibility index (Phi) is 6.37. The van der Waals surface area contributed by atoms with Gasteiger partial charge in [-0.15, -0.1) is 0 Å². The molecule has 0 spiro atoms. The second-order valence-corrected chi connectivity index (χ2v) is 8.21. The van der Waals surface area contributed by atoms with Crippen molar-refractivity contribution in [1.82, 2.24) is 5.32 Å². The van der Waals surface area contributed by atoms with Crippen LogP contribution in [0.5, 0.6) is 0 Å². The maximum absolute atomic E-state index is 13.0. The fourth-order valence-corrected chi connectivity index (χ4v) is 3.40. The van der Waals surface area contributed by atoms with Crippen molar-refractivity contribution in [3.63, 3.8) is 0 Å². The molecule has 0 aliphatic rings. The normalized spacial score (nSPS) is 11.4. The number of rotatable bonds is 7. The Morgan fingerprint density at radius 2 is 1.77 bits per heavy atom. The first-order valence-electron chi connectivity index (χ1n) is 8.36. The highest BCUT2D eigenvalue weighted by Gasteiger charge is 2.18. The van der Waals surface area contributed by atoms with Crippen molar-refractivity contribution in [2.75, 3.05) is 11.3 Å². The summed E-state index contributed by atoms with van der Waals surface area (Å²) in [4.78, 5) is 12.3. The van der Waals surface area contributed by atoms with Crippen molar-refractivity contribution in [2.24, 2.45) is 5.92 Å². The van der Waals surface area contributed by atoms with E-state index in [4.69, 9.17) is 0 Å².